The van der Waals surface area contributed by atoms with Crippen molar-refractivity contribution in [2.24, 2.45) is 0 Å². The monoisotopic (exact) mass is 482 g/mol. The van der Waals surface area contributed by atoms with Crippen LogP contribution < -0.4 is 0 Å². The van der Waals surface area contributed by atoms with Crippen LogP contribution in [0.1, 0.15) is 74.7 Å². The zero-order valence-corrected chi connectivity index (χ0v) is 23.5. The molecule has 3 aliphatic heterocycles. The lowest BCUT2D eigenvalue weighted by atomic mass is 9.99. The van der Waals surface area contributed by atoms with Gasteiger partial charge in [-0.2, -0.15) is 0 Å². The summed E-state index contributed by atoms with van der Waals surface area (Å²) in [6.07, 6.45) is 8.34. The molecule has 5 atom stereocenters. The molecule has 7 heteroatoms. The molecule has 32 heavy (non-hydrogen) atoms. The largest absolute Gasteiger partial charge is 0.414 e. The second kappa shape index (κ2) is 10.5. The van der Waals surface area contributed by atoms with Crippen LogP contribution in [-0.4, -0.2) is 54.2 Å². The van der Waals surface area contributed by atoms with Gasteiger partial charge in [0.2, 0.25) is 0 Å². The van der Waals surface area contributed by atoms with E-state index in [0.717, 1.165) is 25.9 Å². The highest BCUT2D eigenvalue weighted by molar-refractivity contribution is 6.84. The quantitative estimate of drug-likeness (QED) is 0.324. The predicted octanol–water partition coefficient (Wildman–Crippen LogP) is 6.39. The molecule has 3 heterocycles. The summed E-state index contributed by atoms with van der Waals surface area (Å²) in [5, 5.41) is 0. The molecule has 0 aliphatic carbocycles. The zero-order chi connectivity index (χ0) is 23.7. The SMILES string of the molecule is C=C/C=C/[C@H]1O[C@H]2CCCO[C@@H]2C[C@@H]2O[Si](C(C)C)(C(C)C)O[Si](C(C)C)(C(C)C)O[C@@H]21. The molecule has 0 saturated carbocycles. The van der Waals surface area contributed by atoms with Crippen molar-refractivity contribution in [3.63, 3.8) is 0 Å². The molecule has 0 aromatic heterocycles. The molecule has 3 saturated heterocycles. The van der Waals surface area contributed by atoms with Gasteiger partial charge in [-0.1, -0.05) is 80.2 Å². The highest BCUT2D eigenvalue weighted by Gasteiger charge is 2.62. The fourth-order valence-corrected chi connectivity index (χ4v) is 17.1. The number of ether oxygens (including phenoxy) is 2. The Balaban J connectivity index is 2.15. The molecule has 0 N–H and O–H groups in total. The summed E-state index contributed by atoms with van der Waals surface area (Å²) >= 11 is 0. The van der Waals surface area contributed by atoms with E-state index < -0.39 is 17.1 Å². The van der Waals surface area contributed by atoms with Crippen molar-refractivity contribution in [1.29, 1.82) is 0 Å². The molecule has 3 rings (SSSR count). The molecule has 5 nitrogen and oxygen atoms in total. The first-order chi connectivity index (χ1) is 15.1. The predicted molar refractivity (Wildman–Crippen MR) is 134 cm³/mol. The smallest absolute Gasteiger partial charge is 0.335 e. The van der Waals surface area contributed by atoms with Crippen LogP contribution in [0.5, 0.6) is 0 Å². The van der Waals surface area contributed by atoms with Gasteiger partial charge in [-0.05, 0) is 35.0 Å². The van der Waals surface area contributed by atoms with Crippen LogP contribution in [0.3, 0.4) is 0 Å². The van der Waals surface area contributed by atoms with E-state index in [9.17, 15) is 0 Å². The highest BCUT2D eigenvalue weighted by atomic mass is 28.5. The lowest BCUT2D eigenvalue weighted by Gasteiger charge is -2.46. The van der Waals surface area contributed by atoms with Gasteiger partial charge in [0, 0.05) is 13.0 Å². The van der Waals surface area contributed by atoms with Crippen LogP contribution in [0.25, 0.3) is 0 Å². The van der Waals surface area contributed by atoms with E-state index in [4.69, 9.17) is 22.4 Å². The van der Waals surface area contributed by atoms with Crippen LogP contribution >= 0.6 is 0 Å². The van der Waals surface area contributed by atoms with E-state index in [1.807, 2.05) is 12.2 Å². The van der Waals surface area contributed by atoms with Gasteiger partial charge in [-0.25, -0.2) is 0 Å². The summed E-state index contributed by atoms with van der Waals surface area (Å²) in [6, 6.07) is 0. The Bertz CT molecular complexity index is 647. The van der Waals surface area contributed by atoms with Crippen molar-refractivity contribution in [2.45, 2.75) is 127 Å². The van der Waals surface area contributed by atoms with E-state index in [0.29, 0.717) is 22.2 Å². The Hall–Kier alpha value is -0.286. The molecule has 0 aromatic rings. The van der Waals surface area contributed by atoms with Crippen LogP contribution in [0.15, 0.2) is 24.8 Å². The highest BCUT2D eigenvalue weighted by Crippen LogP contribution is 2.49. The van der Waals surface area contributed by atoms with Gasteiger partial charge in [0.1, 0.15) is 12.2 Å². The van der Waals surface area contributed by atoms with E-state index in [2.05, 4.69) is 68.0 Å². The molecule has 0 amide bonds. The third-order valence-electron chi connectivity index (χ3n) is 7.50. The molecular formula is C25H46O5Si2. The van der Waals surface area contributed by atoms with Gasteiger partial charge in [0.25, 0.3) is 0 Å². The molecular weight excluding hydrogens is 436 g/mol. The van der Waals surface area contributed by atoms with E-state index >= 15 is 0 Å². The average molecular weight is 483 g/mol. The molecule has 3 aliphatic rings. The van der Waals surface area contributed by atoms with Gasteiger partial charge >= 0.3 is 17.1 Å². The Labute approximate surface area is 198 Å². The topological polar surface area (TPSA) is 46.2 Å². The molecule has 0 spiro atoms. The minimum atomic E-state index is -2.65. The van der Waals surface area contributed by atoms with E-state index in [-0.39, 0.29) is 30.5 Å². The maximum Gasteiger partial charge on any atom is 0.335 e. The van der Waals surface area contributed by atoms with Crippen molar-refractivity contribution in [2.75, 3.05) is 6.61 Å². The van der Waals surface area contributed by atoms with Crippen LogP contribution in [0.2, 0.25) is 22.2 Å². The summed E-state index contributed by atoms with van der Waals surface area (Å²) in [5.41, 5.74) is 1.26. The van der Waals surface area contributed by atoms with Crippen LogP contribution in [0.4, 0.5) is 0 Å². The van der Waals surface area contributed by atoms with Crippen molar-refractivity contribution >= 4 is 17.1 Å². The maximum atomic E-state index is 7.35. The van der Waals surface area contributed by atoms with E-state index in [1.54, 1.807) is 0 Å². The Kier molecular flexibility index (Phi) is 8.67. The fourth-order valence-electron chi connectivity index (χ4n) is 5.74. The van der Waals surface area contributed by atoms with Gasteiger partial charge < -0.3 is 22.4 Å². The van der Waals surface area contributed by atoms with Gasteiger partial charge in [-0.15, -0.1) is 0 Å². The first-order valence-electron chi connectivity index (χ1n) is 12.7. The van der Waals surface area contributed by atoms with Crippen molar-refractivity contribution in [3.05, 3.63) is 24.8 Å². The second-order valence-electron chi connectivity index (χ2n) is 10.9. The number of fused-ring (bicyclic) bond motifs is 2. The van der Waals surface area contributed by atoms with Gasteiger partial charge in [0.15, 0.2) is 0 Å². The Morgan fingerprint density at radius 2 is 1.41 bits per heavy atom. The lowest BCUT2D eigenvalue weighted by Crippen LogP contribution is -2.60. The summed E-state index contributed by atoms with van der Waals surface area (Å²) in [6.45, 7) is 22.8. The number of rotatable bonds is 6. The third-order valence-corrected chi connectivity index (χ3v) is 17.8. The summed E-state index contributed by atoms with van der Waals surface area (Å²) < 4.78 is 34.7. The summed E-state index contributed by atoms with van der Waals surface area (Å²) in [5.74, 6) is 0. The fraction of sp³-hybridized carbons (Fsp3) is 0.840. The van der Waals surface area contributed by atoms with Crippen molar-refractivity contribution < 1.29 is 22.4 Å². The standard InChI is InChI=1S/C25H46O5Si2/c1-10-11-13-22-25-24(16-23-21(27-22)14-12-15-26-23)28-31(17(2)3,18(4)5)30-32(29-25,19(6)7)20(8)9/h10-11,13,17-25H,1,12,14-16H2,2-9H3/b13-11+/t21-,22+,23+,24-,25+/m0/s1. The first kappa shape index (κ1) is 26.3. The molecule has 3 fully saturated rings. The van der Waals surface area contributed by atoms with Crippen molar-refractivity contribution in [1.82, 2.24) is 0 Å². The molecule has 0 unspecified atom stereocenters. The molecule has 0 aromatic carbocycles. The maximum absolute atomic E-state index is 7.35. The van der Waals surface area contributed by atoms with E-state index in [1.165, 1.54) is 0 Å². The number of hydrogen-bond donors (Lipinski definition) is 0. The summed E-state index contributed by atoms with van der Waals surface area (Å²) in [4.78, 5) is 0. The second-order valence-corrected chi connectivity index (χ2v) is 19.7. The van der Waals surface area contributed by atoms with Gasteiger partial charge in [0.05, 0.1) is 18.3 Å². The first-order valence-corrected chi connectivity index (χ1v) is 16.6. The Morgan fingerprint density at radius 3 is 1.97 bits per heavy atom. The Morgan fingerprint density at radius 1 is 0.812 bits per heavy atom. The van der Waals surface area contributed by atoms with Crippen LogP contribution in [0, 0.1) is 0 Å². The number of hydrogen-bond acceptors (Lipinski definition) is 5. The third kappa shape index (κ3) is 4.90. The number of allylic oxidation sites excluding steroid dienone is 2. The summed E-state index contributed by atoms with van der Waals surface area (Å²) in [7, 11) is -5.27. The normalized spacial score (nSPS) is 35.1. The molecule has 0 radical (unpaired) electrons. The molecule has 184 valence electrons. The average Bonchev–Trinajstić information content (AvgIpc) is 2.97. The zero-order valence-electron chi connectivity index (χ0n) is 21.5. The van der Waals surface area contributed by atoms with Crippen molar-refractivity contribution in [3.8, 4) is 0 Å². The minimum absolute atomic E-state index is 0.0419. The minimum Gasteiger partial charge on any atom is -0.414 e. The molecule has 0 bridgehead atoms. The van der Waals surface area contributed by atoms with Gasteiger partial charge in [-0.3, -0.25) is 0 Å². The van der Waals surface area contributed by atoms with Crippen LogP contribution in [-0.2, 0) is 22.4 Å². The lowest BCUT2D eigenvalue weighted by molar-refractivity contribution is -0.120.